The molecule has 4 nitrogen and oxygen atoms in total. The van der Waals surface area contributed by atoms with E-state index in [1.54, 1.807) is 18.6 Å². The summed E-state index contributed by atoms with van der Waals surface area (Å²) >= 11 is 0. The molecule has 15 heavy (non-hydrogen) atoms. The molecule has 2 N–H and O–H groups in total. The normalized spacial score (nSPS) is 14.9. The number of primary amides is 1. The Bertz CT molecular complexity index is 423. The number of amides is 2. The summed E-state index contributed by atoms with van der Waals surface area (Å²) in [5, 5.41) is 0. The van der Waals surface area contributed by atoms with E-state index < -0.39 is 6.03 Å². The highest BCUT2D eigenvalue weighted by Crippen LogP contribution is 2.18. The maximum atomic E-state index is 11.0. The van der Waals surface area contributed by atoms with Crippen molar-refractivity contribution in [3.63, 3.8) is 0 Å². The molecule has 0 aliphatic carbocycles. The third-order valence-corrected chi connectivity index (χ3v) is 2.17. The molecule has 0 fully saturated rings. The molecule has 0 saturated heterocycles. The molecule has 2 heterocycles. The smallest absolute Gasteiger partial charge is 0.319 e. The van der Waals surface area contributed by atoms with Crippen molar-refractivity contribution in [2.45, 2.75) is 0 Å². The van der Waals surface area contributed by atoms with Crippen LogP contribution in [0.25, 0.3) is 5.57 Å². The fourth-order valence-electron chi connectivity index (χ4n) is 1.41. The third kappa shape index (κ3) is 2.04. The number of aromatic nitrogens is 1. The van der Waals surface area contributed by atoms with Gasteiger partial charge >= 0.3 is 6.03 Å². The lowest BCUT2D eigenvalue weighted by atomic mass is 10.1. The molecule has 1 aliphatic rings. The van der Waals surface area contributed by atoms with Gasteiger partial charge in [-0.15, -0.1) is 0 Å². The van der Waals surface area contributed by atoms with Crippen molar-refractivity contribution >= 4 is 11.6 Å². The quantitative estimate of drug-likeness (QED) is 0.746. The van der Waals surface area contributed by atoms with Gasteiger partial charge < -0.3 is 5.73 Å². The van der Waals surface area contributed by atoms with Crippen LogP contribution >= 0.6 is 0 Å². The lowest BCUT2D eigenvalue weighted by Gasteiger charge is -2.18. The van der Waals surface area contributed by atoms with E-state index in [0.29, 0.717) is 6.54 Å². The van der Waals surface area contributed by atoms with Gasteiger partial charge in [0.15, 0.2) is 0 Å². The molecule has 4 heteroatoms. The summed E-state index contributed by atoms with van der Waals surface area (Å²) in [5.74, 6) is 0. The van der Waals surface area contributed by atoms with Gasteiger partial charge in [0, 0.05) is 30.7 Å². The SMILES string of the molecule is NC(=O)N1C=C(c2cccnc2)C=CC1. The first kappa shape index (κ1) is 9.45. The van der Waals surface area contributed by atoms with Crippen LogP contribution in [0.1, 0.15) is 5.56 Å². The van der Waals surface area contributed by atoms with Crippen LogP contribution in [0.2, 0.25) is 0 Å². The predicted octanol–water partition coefficient (Wildman–Crippen LogP) is 1.37. The van der Waals surface area contributed by atoms with E-state index in [1.807, 2.05) is 24.3 Å². The van der Waals surface area contributed by atoms with Gasteiger partial charge in [0.2, 0.25) is 0 Å². The molecule has 1 aliphatic heterocycles. The lowest BCUT2D eigenvalue weighted by Crippen LogP contribution is -2.32. The van der Waals surface area contributed by atoms with E-state index in [4.69, 9.17) is 5.73 Å². The van der Waals surface area contributed by atoms with Gasteiger partial charge in [-0.05, 0) is 11.6 Å². The monoisotopic (exact) mass is 201 g/mol. The number of rotatable bonds is 1. The van der Waals surface area contributed by atoms with Crippen LogP contribution in [-0.2, 0) is 0 Å². The maximum Gasteiger partial charge on any atom is 0.319 e. The average molecular weight is 201 g/mol. The summed E-state index contributed by atoms with van der Waals surface area (Å²) in [6.07, 6.45) is 9.05. The summed E-state index contributed by atoms with van der Waals surface area (Å²) in [4.78, 5) is 16.5. The molecule has 0 radical (unpaired) electrons. The molecular formula is C11H11N3O. The second-order valence-corrected chi connectivity index (χ2v) is 3.22. The molecule has 0 aromatic carbocycles. The summed E-state index contributed by atoms with van der Waals surface area (Å²) in [6.45, 7) is 0.527. The number of nitrogens with zero attached hydrogens (tertiary/aromatic N) is 2. The number of hydrogen-bond donors (Lipinski definition) is 1. The number of pyridine rings is 1. The Morgan fingerprint density at radius 3 is 3.07 bits per heavy atom. The molecule has 0 spiro atoms. The summed E-state index contributed by atoms with van der Waals surface area (Å²) in [7, 11) is 0. The molecule has 0 atom stereocenters. The fourth-order valence-corrected chi connectivity index (χ4v) is 1.41. The van der Waals surface area contributed by atoms with E-state index in [2.05, 4.69) is 4.98 Å². The van der Waals surface area contributed by atoms with Crippen LogP contribution in [-0.4, -0.2) is 22.5 Å². The predicted molar refractivity (Wildman–Crippen MR) is 57.6 cm³/mol. The highest BCUT2D eigenvalue weighted by molar-refractivity contribution is 5.80. The zero-order valence-electron chi connectivity index (χ0n) is 8.13. The first-order valence-corrected chi connectivity index (χ1v) is 4.62. The average Bonchev–Trinajstić information content (AvgIpc) is 2.30. The summed E-state index contributed by atoms with van der Waals surface area (Å²) in [5.41, 5.74) is 7.11. The molecule has 2 amide bonds. The number of carbonyl (C=O) groups excluding carboxylic acids is 1. The van der Waals surface area contributed by atoms with Crippen LogP contribution in [0, 0.1) is 0 Å². The van der Waals surface area contributed by atoms with E-state index in [9.17, 15) is 4.79 Å². The van der Waals surface area contributed by atoms with Gasteiger partial charge in [-0.2, -0.15) is 0 Å². The van der Waals surface area contributed by atoms with Gasteiger partial charge in [0.25, 0.3) is 0 Å². The highest BCUT2D eigenvalue weighted by Gasteiger charge is 2.10. The zero-order valence-corrected chi connectivity index (χ0v) is 8.13. The third-order valence-electron chi connectivity index (χ3n) is 2.17. The Morgan fingerprint density at radius 1 is 1.53 bits per heavy atom. The molecule has 1 aromatic rings. The molecule has 0 unspecified atom stereocenters. The topological polar surface area (TPSA) is 59.2 Å². The molecule has 1 aromatic heterocycles. The lowest BCUT2D eigenvalue weighted by molar-refractivity contribution is 0.228. The Balaban J connectivity index is 2.30. The number of hydrogen-bond acceptors (Lipinski definition) is 2. The van der Waals surface area contributed by atoms with Crippen LogP contribution in [0.5, 0.6) is 0 Å². The van der Waals surface area contributed by atoms with Crippen LogP contribution in [0.3, 0.4) is 0 Å². The Kier molecular flexibility index (Phi) is 2.49. The number of carbonyl (C=O) groups is 1. The van der Waals surface area contributed by atoms with E-state index in [0.717, 1.165) is 11.1 Å². The number of nitrogens with two attached hydrogens (primary N) is 1. The minimum absolute atomic E-state index is 0.444. The molecule has 2 rings (SSSR count). The second-order valence-electron chi connectivity index (χ2n) is 3.22. The molecule has 76 valence electrons. The van der Waals surface area contributed by atoms with Crippen molar-refractivity contribution < 1.29 is 4.79 Å². The van der Waals surface area contributed by atoms with E-state index >= 15 is 0 Å². The zero-order chi connectivity index (χ0) is 10.7. The van der Waals surface area contributed by atoms with Gasteiger partial charge in [0.1, 0.15) is 0 Å². The van der Waals surface area contributed by atoms with Crippen LogP contribution in [0.4, 0.5) is 4.79 Å². The molecule has 0 saturated carbocycles. The summed E-state index contributed by atoms with van der Waals surface area (Å²) in [6, 6.07) is 3.35. The van der Waals surface area contributed by atoms with Gasteiger partial charge in [-0.25, -0.2) is 4.79 Å². The Labute approximate surface area is 87.7 Å². The Hall–Kier alpha value is -2.10. The Morgan fingerprint density at radius 2 is 2.40 bits per heavy atom. The van der Waals surface area contributed by atoms with E-state index in [-0.39, 0.29) is 0 Å². The minimum Gasteiger partial charge on any atom is -0.351 e. The van der Waals surface area contributed by atoms with Crippen molar-refractivity contribution in [3.8, 4) is 0 Å². The molecule has 0 bridgehead atoms. The summed E-state index contributed by atoms with van der Waals surface area (Å²) < 4.78 is 0. The maximum absolute atomic E-state index is 11.0. The largest absolute Gasteiger partial charge is 0.351 e. The second kappa shape index (κ2) is 3.96. The van der Waals surface area contributed by atoms with Gasteiger partial charge in [0.05, 0.1) is 0 Å². The number of allylic oxidation sites excluding steroid dienone is 2. The molecular weight excluding hydrogens is 190 g/mol. The standard InChI is InChI=1S/C11H11N3O/c12-11(15)14-6-2-4-10(8-14)9-3-1-5-13-7-9/h1-5,7-8H,6H2,(H2,12,15). The van der Waals surface area contributed by atoms with Crippen LogP contribution in [0.15, 0.2) is 42.9 Å². The van der Waals surface area contributed by atoms with Gasteiger partial charge in [-0.1, -0.05) is 18.2 Å². The first-order valence-electron chi connectivity index (χ1n) is 4.62. The minimum atomic E-state index is -0.444. The van der Waals surface area contributed by atoms with Gasteiger partial charge in [-0.3, -0.25) is 9.88 Å². The van der Waals surface area contributed by atoms with Crippen molar-refractivity contribution in [1.82, 2.24) is 9.88 Å². The van der Waals surface area contributed by atoms with Crippen molar-refractivity contribution in [2.75, 3.05) is 6.54 Å². The number of urea groups is 1. The van der Waals surface area contributed by atoms with Crippen LogP contribution < -0.4 is 5.73 Å². The highest BCUT2D eigenvalue weighted by atomic mass is 16.2. The van der Waals surface area contributed by atoms with Crippen molar-refractivity contribution in [3.05, 3.63) is 48.4 Å². The fraction of sp³-hybridized carbons (Fsp3) is 0.0909. The van der Waals surface area contributed by atoms with Crippen molar-refractivity contribution in [2.24, 2.45) is 5.73 Å². The van der Waals surface area contributed by atoms with E-state index in [1.165, 1.54) is 4.90 Å². The van der Waals surface area contributed by atoms with Crippen molar-refractivity contribution in [1.29, 1.82) is 0 Å². The first-order chi connectivity index (χ1) is 7.27.